The Kier molecular flexibility index (Phi) is 12.2. The predicted octanol–water partition coefficient (Wildman–Crippen LogP) is 3.49. The monoisotopic (exact) mass is 644 g/mol. The molecule has 45 heavy (non-hydrogen) atoms. The Bertz CT molecular complexity index is 1320. The summed E-state index contributed by atoms with van der Waals surface area (Å²) in [6, 6.07) is 7.86. The number of aryl methyl sites for hydroxylation is 1. The Hall–Kier alpha value is -2.76. The van der Waals surface area contributed by atoms with E-state index in [1.807, 2.05) is 30.3 Å². The maximum atomic E-state index is 13.9. The van der Waals surface area contributed by atoms with Crippen LogP contribution in [0, 0.1) is 17.8 Å². The van der Waals surface area contributed by atoms with E-state index < -0.39 is 56.6 Å². The van der Waals surface area contributed by atoms with Gasteiger partial charge in [0.25, 0.3) is 0 Å². The maximum absolute atomic E-state index is 13.9. The largest absolute Gasteiger partial charge is 0.390 e. The molecule has 5 N–H and O–H groups in total. The molecule has 4 rings (SSSR count). The summed E-state index contributed by atoms with van der Waals surface area (Å²) in [4.78, 5) is 34.9. The van der Waals surface area contributed by atoms with Gasteiger partial charge in [0.05, 0.1) is 34.9 Å². The Labute approximate surface area is 268 Å². The minimum Gasteiger partial charge on any atom is -0.390 e. The molecule has 0 aliphatic heterocycles. The van der Waals surface area contributed by atoms with Crippen LogP contribution in [-0.2, 0) is 32.3 Å². The van der Waals surface area contributed by atoms with Crippen LogP contribution >= 0.6 is 0 Å². The second-order valence-electron chi connectivity index (χ2n) is 14.1. The van der Waals surface area contributed by atoms with Crippen molar-refractivity contribution in [3.05, 3.63) is 54.1 Å². The molecule has 2 saturated carbocycles. The molecular weight excluding hydrogens is 592 g/mol. The fourth-order valence-electron chi connectivity index (χ4n) is 6.21. The van der Waals surface area contributed by atoms with Crippen LogP contribution in [0.1, 0.15) is 89.8 Å². The Morgan fingerprint density at radius 1 is 1.00 bits per heavy atom. The second-order valence-corrected chi connectivity index (χ2v) is 16.9. The number of imidazole rings is 1. The molecule has 2 aliphatic carbocycles. The summed E-state index contributed by atoms with van der Waals surface area (Å²) in [6.45, 7) is 4.87. The van der Waals surface area contributed by atoms with Crippen LogP contribution in [0.4, 0.5) is 0 Å². The Morgan fingerprint density at radius 2 is 1.69 bits per heavy atom. The van der Waals surface area contributed by atoms with Gasteiger partial charge in [-0.15, -0.1) is 0 Å². The molecule has 10 nitrogen and oxygen atoms in total. The number of hydrogen-bond donors (Lipinski definition) is 5. The summed E-state index contributed by atoms with van der Waals surface area (Å²) >= 11 is 0. The lowest BCUT2D eigenvalue weighted by molar-refractivity contribution is -0.132. The number of carbonyl (C=O) groups is 2. The van der Waals surface area contributed by atoms with Crippen molar-refractivity contribution in [3.63, 3.8) is 0 Å². The van der Waals surface area contributed by atoms with Gasteiger partial charge in [0, 0.05) is 18.3 Å². The molecule has 0 radical (unpaired) electrons. The number of aliphatic hydroxyl groups excluding tert-OH is 2. The van der Waals surface area contributed by atoms with E-state index in [4.69, 9.17) is 0 Å². The van der Waals surface area contributed by atoms with E-state index in [-0.39, 0.29) is 18.1 Å². The zero-order chi connectivity index (χ0) is 32.6. The molecule has 5 atom stereocenters. The van der Waals surface area contributed by atoms with Crippen LogP contribution < -0.4 is 10.6 Å². The van der Waals surface area contributed by atoms with E-state index in [0.29, 0.717) is 30.9 Å². The quantitative estimate of drug-likeness (QED) is 0.187. The summed E-state index contributed by atoms with van der Waals surface area (Å²) < 4.78 is 25.5. The molecule has 11 heteroatoms. The summed E-state index contributed by atoms with van der Waals surface area (Å²) in [6.07, 6.45) is 9.58. The lowest BCUT2D eigenvalue weighted by Gasteiger charge is -2.33. The van der Waals surface area contributed by atoms with E-state index >= 15 is 0 Å². The normalized spacial score (nSPS) is 19.7. The number of aliphatic hydroxyl groups is 2. The van der Waals surface area contributed by atoms with Gasteiger partial charge in [0.15, 0.2) is 9.84 Å². The second kappa shape index (κ2) is 15.7. The molecule has 0 spiro atoms. The molecule has 1 aromatic heterocycles. The van der Waals surface area contributed by atoms with Crippen molar-refractivity contribution in [3.8, 4) is 0 Å². The summed E-state index contributed by atoms with van der Waals surface area (Å²) in [5, 5.41) is 27.9. The lowest BCUT2D eigenvalue weighted by atomic mass is 9.82. The zero-order valence-corrected chi connectivity index (χ0v) is 27.8. The highest BCUT2D eigenvalue weighted by atomic mass is 32.2. The van der Waals surface area contributed by atoms with Crippen molar-refractivity contribution in [1.82, 2.24) is 20.6 Å². The van der Waals surface area contributed by atoms with Crippen LogP contribution in [0.25, 0.3) is 0 Å². The number of H-pyrrole nitrogens is 1. The van der Waals surface area contributed by atoms with Crippen molar-refractivity contribution >= 4 is 21.7 Å². The molecule has 2 amide bonds. The van der Waals surface area contributed by atoms with Gasteiger partial charge in [-0.2, -0.15) is 0 Å². The average molecular weight is 645 g/mol. The van der Waals surface area contributed by atoms with Gasteiger partial charge in [-0.05, 0) is 70.3 Å². The van der Waals surface area contributed by atoms with Gasteiger partial charge in [-0.25, -0.2) is 13.4 Å². The van der Waals surface area contributed by atoms with Gasteiger partial charge in [-0.3, -0.25) is 9.59 Å². The number of amides is 2. The standard InChI is InChI=1S/C34H52N4O6S/c1-34(2,3)45(43,44)21-26(15-14-23-10-6-4-7-11-23)32(41)38-29(19-27-20-35-22-36-27)33(42)37-28(18-24-12-8-5-9-13-24)31(40)30(39)25-16-17-25/h4,6-7,10-11,20,22,24-26,28-31,39-40H,5,8-9,12-19,21H2,1-3H3,(H,35,36)(H,37,42)(H,38,41)/t26-,28+,29?,30+,31-/m1/s1. The van der Waals surface area contributed by atoms with Gasteiger partial charge in [0.2, 0.25) is 11.8 Å². The highest BCUT2D eigenvalue weighted by molar-refractivity contribution is 7.92. The minimum atomic E-state index is -3.65. The van der Waals surface area contributed by atoms with Crippen LogP contribution in [-0.4, -0.2) is 75.2 Å². The molecule has 250 valence electrons. The topological polar surface area (TPSA) is 161 Å². The fraction of sp³-hybridized carbons (Fsp3) is 0.676. The third-order valence-corrected chi connectivity index (χ3v) is 12.2. The Morgan fingerprint density at radius 3 is 2.29 bits per heavy atom. The summed E-state index contributed by atoms with van der Waals surface area (Å²) in [7, 11) is -3.65. The third-order valence-electron chi connectivity index (χ3n) is 9.47. The first kappa shape index (κ1) is 35.1. The van der Waals surface area contributed by atoms with E-state index in [0.717, 1.165) is 44.1 Å². The van der Waals surface area contributed by atoms with Crippen molar-refractivity contribution in [1.29, 1.82) is 0 Å². The van der Waals surface area contributed by atoms with E-state index in [1.165, 1.54) is 12.7 Å². The van der Waals surface area contributed by atoms with Crippen molar-refractivity contribution in [2.75, 3.05) is 5.75 Å². The van der Waals surface area contributed by atoms with Crippen LogP contribution in [0.15, 0.2) is 42.9 Å². The first-order valence-electron chi connectivity index (χ1n) is 16.5. The summed E-state index contributed by atoms with van der Waals surface area (Å²) in [5.74, 6) is -1.87. The highest BCUT2D eigenvalue weighted by Gasteiger charge is 2.40. The number of rotatable bonds is 16. The molecule has 2 fully saturated rings. The lowest BCUT2D eigenvalue weighted by Crippen LogP contribution is -2.57. The highest BCUT2D eigenvalue weighted by Crippen LogP contribution is 2.36. The number of aromatic amines is 1. The first-order valence-corrected chi connectivity index (χ1v) is 18.2. The molecule has 0 bridgehead atoms. The number of carbonyl (C=O) groups excluding carboxylic acids is 2. The molecule has 2 aromatic rings. The van der Waals surface area contributed by atoms with Crippen LogP contribution in [0.3, 0.4) is 0 Å². The first-order chi connectivity index (χ1) is 21.3. The van der Waals surface area contributed by atoms with Crippen LogP contribution in [0.5, 0.6) is 0 Å². The SMILES string of the molecule is CC(C)(C)S(=O)(=O)C[C@@H](CCc1ccccc1)C(=O)NC(Cc1cnc[nH]1)C(=O)N[C@@H](CC1CCCCC1)[C@@H](O)[C@@H](O)C1CC1. The number of nitrogens with zero attached hydrogens (tertiary/aromatic N) is 1. The number of aromatic nitrogens is 2. The summed E-state index contributed by atoms with van der Waals surface area (Å²) in [5.41, 5.74) is 1.62. The van der Waals surface area contributed by atoms with Crippen LogP contribution in [0.2, 0.25) is 0 Å². The number of nitrogens with one attached hydrogen (secondary N) is 3. The van der Waals surface area contributed by atoms with E-state index in [9.17, 15) is 28.2 Å². The average Bonchev–Trinajstić information content (AvgIpc) is 3.73. The Balaban J connectivity index is 1.54. The van der Waals surface area contributed by atoms with Crippen molar-refractivity contribution < 1.29 is 28.2 Å². The number of sulfone groups is 1. The molecule has 1 heterocycles. The fourth-order valence-corrected chi connectivity index (χ4v) is 7.56. The zero-order valence-electron chi connectivity index (χ0n) is 27.0. The van der Waals surface area contributed by atoms with Crippen molar-refractivity contribution in [2.24, 2.45) is 17.8 Å². The molecule has 0 saturated heterocycles. The molecule has 1 unspecified atom stereocenters. The van der Waals surface area contributed by atoms with Gasteiger partial charge >= 0.3 is 0 Å². The molecule has 1 aromatic carbocycles. The predicted molar refractivity (Wildman–Crippen MR) is 174 cm³/mol. The number of hydrogen-bond acceptors (Lipinski definition) is 7. The van der Waals surface area contributed by atoms with Gasteiger partial charge in [0.1, 0.15) is 12.1 Å². The van der Waals surface area contributed by atoms with E-state index in [1.54, 1.807) is 27.0 Å². The number of benzene rings is 1. The minimum absolute atomic E-state index is 0.0291. The smallest absolute Gasteiger partial charge is 0.243 e. The molecular formula is C34H52N4O6S. The third kappa shape index (κ3) is 10.4. The van der Waals surface area contributed by atoms with Crippen molar-refractivity contribution in [2.45, 2.75) is 120 Å². The van der Waals surface area contributed by atoms with E-state index in [2.05, 4.69) is 20.6 Å². The maximum Gasteiger partial charge on any atom is 0.243 e. The van der Waals surface area contributed by atoms with Gasteiger partial charge < -0.3 is 25.8 Å². The van der Waals surface area contributed by atoms with Gasteiger partial charge in [-0.1, -0.05) is 62.4 Å². The molecule has 2 aliphatic rings.